The van der Waals surface area contributed by atoms with E-state index in [1.54, 1.807) is 0 Å². The van der Waals surface area contributed by atoms with Gasteiger partial charge < -0.3 is 11.1 Å². The quantitative estimate of drug-likeness (QED) is 0.772. The predicted molar refractivity (Wildman–Crippen MR) is 79.9 cm³/mol. The molecule has 0 aliphatic carbocycles. The summed E-state index contributed by atoms with van der Waals surface area (Å²) in [6.07, 6.45) is 3.88. The van der Waals surface area contributed by atoms with Gasteiger partial charge >= 0.3 is 0 Å². The van der Waals surface area contributed by atoms with E-state index in [9.17, 15) is 4.79 Å². The molecule has 2 atom stereocenters. The second kappa shape index (κ2) is 7.25. The Morgan fingerprint density at radius 1 is 1.53 bits per heavy atom. The van der Waals surface area contributed by atoms with Gasteiger partial charge in [-0.2, -0.15) is 0 Å². The minimum Gasteiger partial charge on any atom is -0.354 e. The Kier molecular flexibility index (Phi) is 6.27. The molecule has 0 aromatic rings. The van der Waals surface area contributed by atoms with E-state index in [1.165, 1.54) is 12.8 Å². The van der Waals surface area contributed by atoms with Gasteiger partial charge in [0.05, 0.1) is 0 Å². The maximum Gasteiger partial charge on any atom is 0.220 e. The first-order valence-corrected chi connectivity index (χ1v) is 7.58. The molecule has 1 rings (SSSR count). The van der Waals surface area contributed by atoms with Gasteiger partial charge in [0.2, 0.25) is 5.91 Å². The summed E-state index contributed by atoms with van der Waals surface area (Å²) in [6, 6.07) is 0.0988. The summed E-state index contributed by atoms with van der Waals surface area (Å²) in [5.41, 5.74) is 5.71. The van der Waals surface area contributed by atoms with E-state index < -0.39 is 0 Å². The molecule has 0 aromatic carbocycles. The van der Waals surface area contributed by atoms with Gasteiger partial charge in [-0.25, -0.2) is 0 Å². The number of carbonyl (C=O) groups excluding carboxylic acids is 1. The van der Waals surface area contributed by atoms with Gasteiger partial charge in [0.15, 0.2) is 0 Å². The average molecular weight is 269 g/mol. The first-order chi connectivity index (χ1) is 8.81. The van der Waals surface area contributed by atoms with E-state index in [1.807, 2.05) is 6.92 Å². The standard InChI is InChI=1S/C15H31N3O/c1-12-6-5-9-18(10-12)15(3,4)11-17-14(19)8-7-13(2)16/h12-13H,5-11,16H2,1-4H3,(H,17,19). The SMILES string of the molecule is CC(N)CCC(=O)NCC(C)(C)N1CCCC(C)C1. The third-order valence-corrected chi connectivity index (χ3v) is 4.06. The maximum absolute atomic E-state index is 11.8. The van der Waals surface area contributed by atoms with Crippen LogP contribution in [0.4, 0.5) is 0 Å². The van der Waals surface area contributed by atoms with Crippen molar-refractivity contribution in [3.05, 3.63) is 0 Å². The molecule has 1 amide bonds. The summed E-state index contributed by atoms with van der Waals surface area (Å²) in [7, 11) is 0. The van der Waals surface area contributed by atoms with Crippen LogP contribution in [0.15, 0.2) is 0 Å². The normalized spacial score (nSPS) is 23.1. The molecule has 1 aliphatic rings. The first kappa shape index (κ1) is 16.4. The highest BCUT2D eigenvalue weighted by molar-refractivity contribution is 5.75. The molecule has 1 fully saturated rings. The summed E-state index contributed by atoms with van der Waals surface area (Å²) in [5.74, 6) is 0.886. The number of amides is 1. The Balaban J connectivity index is 2.35. The zero-order valence-corrected chi connectivity index (χ0v) is 13.0. The zero-order chi connectivity index (χ0) is 14.5. The molecule has 4 heteroatoms. The zero-order valence-electron chi connectivity index (χ0n) is 13.0. The fourth-order valence-corrected chi connectivity index (χ4v) is 2.61. The highest BCUT2D eigenvalue weighted by Gasteiger charge is 2.30. The van der Waals surface area contributed by atoms with Crippen molar-refractivity contribution in [3.8, 4) is 0 Å². The van der Waals surface area contributed by atoms with Crippen LogP contribution in [0.2, 0.25) is 0 Å². The lowest BCUT2D eigenvalue weighted by atomic mass is 9.93. The van der Waals surface area contributed by atoms with E-state index >= 15 is 0 Å². The molecular formula is C15H31N3O. The Bertz CT molecular complexity index is 289. The van der Waals surface area contributed by atoms with Gasteiger partial charge in [0.25, 0.3) is 0 Å². The van der Waals surface area contributed by atoms with Crippen LogP contribution >= 0.6 is 0 Å². The van der Waals surface area contributed by atoms with Crippen molar-refractivity contribution < 1.29 is 4.79 Å². The molecule has 2 unspecified atom stereocenters. The van der Waals surface area contributed by atoms with Crippen molar-refractivity contribution in [2.24, 2.45) is 11.7 Å². The van der Waals surface area contributed by atoms with Crippen LogP contribution in [0.1, 0.15) is 53.4 Å². The van der Waals surface area contributed by atoms with Crippen LogP contribution in [-0.4, -0.2) is 42.0 Å². The molecule has 0 spiro atoms. The van der Waals surface area contributed by atoms with Crippen LogP contribution in [-0.2, 0) is 4.79 Å². The summed E-state index contributed by atoms with van der Waals surface area (Å²) >= 11 is 0. The minimum atomic E-state index is 0.0403. The first-order valence-electron chi connectivity index (χ1n) is 7.58. The number of piperidine rings is 1. The smallest absolute Gasteiger partial charge is 0.220 e. The third kappa shape index (κ3) is 5.91. The highest BCUT2D eigenvalue weighted by atomic mass is 16.1. The Hall–Kier alpha value is -0.610. The van der Waals surface area contributed by atoms with Crippen LogP contribution in [0, 0.1) is 5.92 Å². The van der Waals surface area contributed by atoms with E-state index in [-0.39, 0.29) is 17.5 Å². The summed E-state index contributed by atoms with van der Waals surface area (Å²) in [6.45, 7) is 11.7. The molecule has 1 heterocycles. The van der Waals surface area contributed by atoms with Gasteiger partial charge in [-0.15, -0.1) is 0 Å². The Morgan fingerprint density at radius 3 is 2.79 bits per heavy atom. The predicted octanol–water partition coefficient (Wildman–Crippen LogP) is 1.74. The maximum atomic E-state index is 11.8. The van der Waals surface area contributed by atoms with E-state index in [0.29, 0.717) is 6.42 Å². The molecule has 3 N–H and O–H groups in total. The lowest BCUT2D eigenvalue weighted by Crippen LogP contribution is -2.54. The fraction of sp³-hybridized carbons (Fsp3) is 0.933. The lowest BCUT2D eigenvalue weighted by Gasteiger charge is -2.43. The topological polar surface area (TPSA) is 58.4 Å². The van der Waals surface area contributed by atoms with Crippen LogP contribution < -0.4 is 11.1 Å². The molecule has 0 bridgehead atoms. The minimum absolute atomic E-state index is 0.0403. The second-order valence-corrected chi connectivity index (χ2v) is 6.80. The van der Waals surface area contributed by atoms with Crippen LogP contribution in [0.25, 0.3) is 0 Å². The number of carbonyl (C=O) groups is 1. The van der Waals surface area contributed by atoms with Crippen LogP contribution in [0.5, 0.6) is 0 Å². The lowest BCUT2D eigenvalue weighted by molar-refractivity contribution is -0.121. The van der Waals surface area contributed by atoms with E-state index in [2.05, 4.69) is 31.0 Å². The number of hydrogen-bond acceptors (Lipinski definition) is 3. The van der Waals surface area contributed by atoms with E-state index in [4.69, 9.17) is 5.73 Å². The molecule has 1 aliphatic heterocycles. The number of rotatable bonds is 6. The molecule has 0 aromatic heterocycles. The molecule has 112 valence electrons. The van der Waals surface area contributed by atoms with Crippen molar-refractivity contribution >= 4 is 5.91 Å². The molecule has 4 nitrogen and oxygen atoms in total. The third-order valence-electron chi connectivity index (χ3n) is 4.06. The van der Waals surface area contributed by atoms with E-state index in [0.717, 1.165) is 32.0 Å². The van der Waals surface area contributed by atoms with Crippen molar-refractivity contribution in [1.29, 1.82) is 0 Å². The molecular weight excluding hydrogens is 238 g/mol. The van der Waals surface area contributed by atoms with Crippen molar-refractivity contribution in [2.45, 2.75) is 65.0 Å². The van der Waals surface area contributed by atoms with Gasteiger partial charge in [0.1, 0.15) is 0 Å². The monoisotopic (exact) mass is 269 g/mol. The molecule has 19 heavy (non-hydrogen) atoms. The van der Waals surface area contributed by atoms with Crippen molar-refractivity contribution in [3.63, 3.8) is 0 Å². The Labute approximate surface area is 118 Å². The number of nitrogens with one attached hydrogen (secondary N) is 1. The molecule has 0 radical (unpaired) electrons. The Morgan fingerprint density at radius 2 is 2.21 bits per heavy atom. The van der Waals surface area contributed by atoms with Gasteiger partial charge in [0, 0.05) is 31.1 Å². The van der Waals surface area contributed by atoms with Gasteiger partial charge in [-0.3, -0.25) is 9.69 Å². The summed E-state index contributed by atoms with van der Waals surface area (Å²) in [5, 5.41) is 3.05. The summed E-state index contributed by atoms with van der Waals surface area (Å²) in [4.78, 5) is 14.3. The van der Waals surface area contributed by atoms with Crippen molar-refractivity contribution in [1.82, 2.24) is 10.2 Å². The number of likely N-dealkylation sites (tertiary alicyclic amines) is 1. The van der Waals surface area contributed by atoms with Gasteiger partial charge in [-0.05, 0) is 52.5 Å². The number of nitrogens with zero attached hydrogens (tertiary/aromatic N) is 1. The molecule has 1 saturated heterocycles. The second-order valence-electron chi connectivity index (χ2n) is 6.80. The number of nitrogens with two attached hydrogens (primary N) is 1. The molecule has 0 saturated carbocycles. The fourth-order valence-electron chi connectivity index (χ4n) is 2.61. The number of hydrogen-bond donors (Lipinski definition) is 2. The largest absolute Gasteiger partial charge is 0.354 e. The average Bonchev–Trinajstić information content (AvgIpc) is 2.34. The van der Waals surface area contributed by atoms with Crippen molar-refractivity contribution in [2.75, 3.05) is 19.6 Å². The summed E-state index contributed by atoms with van der Waals surface area (Å²) < 4.78 is 0. The van der Waals surface area contributed by atoms with Gasteiger partial charge in [-0.1, -0.05) is 6.92 Å². The highest BCUT2D eigenvalue weighted by Crippen LogP contribution is 2.23. The van der Waals surface area contributed by atoms with Crippen LogP contribution in [0.3, 0.4) is 0 Å².